The minimum Gasteiger partial charge on any atom is -0.455 e. The number of rotatable bonds is 5. The number of benzene rings is 3. The van der Waals surface area contributed by atoms with Crippen molar-refractivity contribution in [2.75, 3.05) is 22.5 Å². The van der Waals surface area contributed by atoms with Gasteiger partial charge in [-0.1, -0.05) is 12.1 Å². The maximum atomic E-state index is 12.2. The lowest BCUT2D eigenvalue weighted by molar-refractivity contribution is -0.274. The van der Waals surface area contributed by atoms with Gasteiger partial charge in [0.15, 0.2) is 5.75 Å². The van der Waals surface area contributed by atoms with Crippen molar-refractivity contribution in [2.24, 2.45) is 0 Å². The average Bonchev–Trinajstić information content (AvgIpc) is 2.76. The van der Waals surface area contributed by atoms with E-state index in [9.17, 15) is 18.0 Å². The Morgan fingerprint density at radius 1 is 0.875 bits per heavy atom. The summed E-state index contributed by atoms with van der Waals surface area (Å²) in [6, 6.07) is 17.1. The van der Waals surface area contributed by atoms with E-state index in [1.165, 1.54) is 17.7 Å². The highest BCUT2D eigenvalue weighted by Gasteiger charge is 2.31. The molecule has 0 aliphatic carbocycles. The van der Waals surface area contributed by atoms with Crippen LogP contribution in [0.4, 0.5) is 35.0 Å². The average molecular weight is 443 g/mol. The van der Waals surface area contributed by atoms with Gasteiger partial charge in [-0.05, 0) is 73.0 Å². The minimum atomic E-state index is -4.77. The number of alkyl halides is 3. The van der Waals surface area contributed by atoms with Gasteiger partial charge in [0.25, 0.3) is 0 Å². The Morgan fingerprint density at radius 3 is 2.12 bits per heavy atom. The Bertz CT molecular complexity index is 1080. The molecule has 3 aromatic rings. The van der Waals surface area contributed by atoms with Gasteiger partial charge >= 0.3 is 12.4 Å². The number of anilines is 3. The van der Waals surface area contributed by atoms with Crippen molar-refractivity contribution in [3.63, 3.8) is 0 Å². The SMILES string of the molecule is O=C(Nc1ccc(Oc2cccc3c2NCCC3)cc1)Nc1ccc(OC(F)(F)F)cc1. The van der Waals surface area contributed by atoms with Crippen LogP contribution in [0, 0.1) is 0 Å². The fraction of sp³-hybridized carbons (Fsp3) is 0.174. The van der Waals surface area contributed by atoms with Gasteiger partial charge in [-0.15, -0.1) is 13.2 Å². The summed E-state index contributed by atoms with van der Waals surface area (Å²) in [6.07, 6.45) is -2.67. The Hall–Kier alpha value is -3.88. The summed E-state index contributed by atoms with van der Waals surface area (Å²) in [5.41, 5.74) is 3.08. The summed E-state index contributed by atoms with van der Waals surface area (Å²) in [6.45, 7) is 0.906. The molecule has 2 amide bonds. The van der Waals surface area contributed by atoms with Crippen molar-refractivity contribution in [3.8, 4) is 17.2 Å². The lowest BCUT2D eigenvalue weighted by Crippen LogP contribution is -2.19. The fourth-order valence-corrected chi connectivity index (χ4v) is 3.33. The number of carbonyl (C=O) groups excluding carboxylic acids is 1. The number of hydrogen-bond donors (Lipinski definition) is 3. The smallest absolute Gasteiger partial charge is 0.455 e. The van der Waals surface area contributed by atoms with E-state index >= 15 is 0 Å². The van der Waals surface area contributed by atoms with Gasteiger partial charge in [-0.3, -0.25) is 0 Å². The number of para-hydroxylation sites is 1. The number of hydrogen-bond acceptors (Lipinski definition) is 4. The molecule has 0 radical (unpaired) electrons. The molecule has 0 aromatic heterocycles. The second kappa shape index (κ2) is 9.09. The van der Waals surface area contributed by atoms with Crippen LogP contribution >= 0.6 is 0 Å². The summed E-state index contributed by atoms with van der Waals surface area (Å²) in [4.78, 5) is 12.2. The number of carbonyl (C=O) groups is 1. The lowest BCUT2D eigenvalue weighted by atomic mass is 10.0. The van der Waals surface area contributed by atoms with Crippen LogP contribution in [0.15, 0.2) is 66.7 Å². The zero-order chi connectivity index (χ0) is 22.6. The minimum absolute atomic E-state index is 0.318. The van der Waals surface area contributed by atoms with Crippen molar-refractivity contribution < 1.29 is 27.4 Å². The van der Waals surface area contributed by atoms with Crippen molar-refractivity contribution in [2.45, 2.75) is 19.2 Å². The Balaban J connectivity index is 1.33. The summed E-state index contributed by atoms with van der Waals surface area (Å²) < 4.78 is 46.4. The number of ether oxygens (including phenoxy) is 2. The first-order valence-corrected chi connectivity index (χ1v) is 9.93. The first-order valence-electron chi connectivity index (χ1n) is 9.93. The van der Waals surface area contributed by atoms with Crippen molar-refractivity contribution in [1.29, 1.82) is 0 Å². The molecule has 6 nitrogen and oxygen atoms in total. The maximum absolute atomic E-state index is 12.2. The fourth-order valence-electron chi connectivity index (χ4n) is 3.33. The molecule has 9 heteroatoms. The summed E-state index contributed by atoms with van der Waals surface area (Å²) in [5.74, 6) is 1.00. The molecule has 1 heterocycles. The highest BCUT2D eigenvalue weighted by Crippen LogP contribution is 2.35. The van der Waals surface area contributed by atoms with Crippen LogP contribution in [0.1, 0.15) is 12.0 Å². The number of nitrogens with one attached hydrogen (secondary N) is 3. The van der Waals surface area contributed by atoms with Crippen LogP contribution in [-0.4, -0.2) is 18.9 Å². The number of aryl methyl sites for hydroxylation is 1. The van der Waals surface area contributed by atoms with Crippen molar-refractivity contribution in [3.05, 3.63) is 72.3 Å². The van der Waals surface area contributed by atoms with E-state index < -0.39 is 12.4 Å². The van der Waals surface area contributed by atoms with Crippen LogP contribution in [0.3, 0.4) is 0 Å². The molecule has 3 N–H and O–H groups in total. The predicted octanol–water partition coefficient (Wildman–Crippen LogP) is 6.38. The maximum Gasteiger partial charge on any atom is 0.573 e. The number of fused-ring (bicyclic) bond motifs is 1. The highest BCUT2D eigenvalue weighted by molar-refractivity contribution is 5.99. The van der Waals surface area contributed by atoms with Gasteiger partial charge in [0, 0.05) is 17.9 Å². The highest BCUT2D eigenvalue weighted by atomic mass is 19.4. The zero-order valence-electron chi connectivity index (χ0n) is 16.8. The molecule has 32 heavy (non-hydrogen) atoms. The summed E-state index contributed by atoms with van der Waals surface area (Å²) in [5, 5.41) is 8.57. The lowest BCUT2D eigenvalue weighted by Gasteiger charge is -2.21. The third-order valence-corrected chi connectivity index (χ3v) is 4.72. The normalized spacial score (nSPS) is 12.8. The van der Waals surface area contributed by atoms with Crippen LogP contribution in [0.5, 0.6) is 17.2 Å². The van der Waals surface area contributed by atoms with Gasteiger partial charge in [-0.25, -0.2) is 4.79 Å². The standard InChI is InChI=1S/C23H20F3N3O3/c24-23(25,26)32-19-12-8-17(9-13-19)29-22(30)28-16-6-10-18(11-7-16)31-20-5-1-3-15-4-2-14-27-21(15)20/h1,3,5-13,27H,2,4,14H2,(H2,28,29,30). The molecule has 4 rings (SSSR count). The largest absolute Gasteiger partial charge is 0.573 e. The molecule has 0 saturated heterocycles. The van der Waals surface area contributed by atoms with E-state index in [-0.39, 0.29) is 5.75 Å². The van der Waals surface area contributed by atoms with Crippen molar-refractivity contribution >= 4 is 23.1 Å². The molecule has 1 aliphatic rings. The predicted molar refractivity (Wildman–Crippen MR) is 116 cm³/mol. The molecule has 0 unspecified atom stereocenters. The monoisotopic (exact) mass is 443 g/mol. The van der Waals surface area contributed by atoms with E-state index in [4.69, 9.17) is 4.74 Å². The topological polar surface area (TPSA) is 71.6 Å². The van der Waals surface area contributed by atoms with E-state index in [2.05, 4.69) is 26.8 Å². The molecule has 0 bridgehead atoms. The molecule has 3 aromatic carbocycles. The first kappa shape index (κ1) is 21.4. The quantitative estimate of drug-likeness (QED) is 0.428. The van der Waals surface area contributed by atoms with Crippen LogP contribution in [0.25, 0.3) is 0 Å². The second-order valence-electron chi connectivity index (χ2n) is 7.10. The van der Waals surface area contributed by atoms with Gasteiger partial charge in [-0.2, -0.15) is 0 Å². The van der Waals surface area contributed by atoms with Gasteiger partial charge < -0.3 is 25.4 Å². The molecule has 1 aliphatic heterocycles. The van der Waals surface area contributed by atoms with Gasteiger partial charge in [0.05, 0.1) is 5.69 Å². The number of halogens is 3. The summed E-state index contributed by atoms with van der Waals surface area (Å²) in [7, 11) is 0. The third kappa shape index (κ3) is 5.63. The Kier molecular flexibility index (Phi) is 6.07. The zero-order valence-corrected chi connectivity index (χ0v) is 16.8. The van der Waals surface area contributed by atoms with E-state index in [1.807, 2.05) is 12.1 Å². The van der Waals surface area contributed by atoms with E-state index in [0.717, 1.165) is 43.0 Å². The van der Waals surface area contributed by atoms with E-state index in [1.54, 1.807) is 24.3 Å². The van der Waals surface area contributed by atoms with Crippen LogP contribution < -0.4 is 25.4 Å². The molecule has 0 spiro atoms. The second-order valence-corrected chi connectivity index (χ2v) is 7.10. The Labute approximate surface area is 182 Å². The number of amides is 2. The first-order chi connectivity index (χ1) is 15.4. The van der Waals surface area contributed by atoms with Crippen LogP contribution in [0.2, 0.25) is 0 Å². The molecule has 0 saturated carbocycles. The molecule has 0 atom stereocenters. The van der Waals surface area contributed by atoms with Gasteiger partial charge in [0.1, 0.15) is 11.5 Å². The molecule has 166 valence electrons. The molecule has 0 fully saturated rings. The number of urea groups is 1. The van der Waals surface area contributed by atoms with E-state index in [0.29, 0.717) is 17.1 Å². The van der Waals surface area contributed by atoms with Crippen LogP contribution in [-0.2, 0) is 6.42 Å². The summed E-state index contributed by atoms with van der Waals surface area (Å²) >= 11 is 0. The van der Waals surface area contributed by atoms with Crippen molar-refractivity contribution in [1.82, 2.24) is 0 Å². The third-order valence-electron chi connectivity index (χ3n) is 4.72. The molecular formula is C23H20F3N3O3. The molecular weight excluding hydrogens is 423 g/mol. The Morgan fingerprint density at radius 2 is 1.50 bits per heavy atom. The van der Waals surface area contributed by atoms with Gasteiger partial charge in [0.2, 0.25) is 0 Å².